The van der Waals surface area contributed by atoms with Crippen LogP contribution < -0.4 is 5.73 Å². The first-order chi connectivity index (χ1) is 16.3. The number of nitrogens with two attached hydrogens (primary N) is 1. The second-order valence-electron chi connectivity index (χ2n) is 9.96. The lowest BCUT2D eigenvalue weighted by atomic mass is 9.87. The van der Waals surface area contributed by atoms with Crippen LogP contribution in [0.15, 0.2) is 67.3 Å². The van der Waals surface area contributed by atoms with Crippen LogP contribution in [0.5, 0.6) is 0 Å². The Morgan fingerprint density at radius 3 is 2.18 bits per heavy atom. The second kappa shape index (κ2) is 14.3. The highest BCUT2D eigenvalue weighted by Crippen LogP contribution is 2.32. The van der Waals surface area contributed by atoms with Crippen molar-refractivity contribution in [3.63, 3.8) is 0 Å². The molecule has 0 amide bonds. The number of unbranched alkanes of at least 4 members (excludes halogenated alkanes) is 1. The molecule has 0 saturated carbocycles. The maximum Gasteiger partial charge on any atom is 0.0345 e. The predicted molar refractivity (Wildman–Crippen MR) is 154 cm³/mol. The number of thiophene rings is 1. The van der Waals surface area contributed by atoms with Gasteiger partial charge in [-0.25, -0.2) is 0 Å². The fraction of sp³-hybridized carbons (Fsp3) is 0.438. The Bertz CT molecular complexity index is 994. The highest BCUT2D eigenvalue weighted by Gasteiger charge is 2.15. The third-order valence-electron chi connectivity index (χ3n) is 6.28. The van der Waals surface area contributed by atoms with Crippen LogP contribution in [0.25, 0.3) is 10.4 Å². The molecule has 184 valence electrons. The van der Waals surface area contributed by atoms with E-state index in [4.69, 9.17) is 5.73 Å². The molecule has 0 aliphatic carbocycles. The predicted octanol–water partition coefficient (Wildman–Crippen LogP) is 9.46. The third kappa shape index (κ3) is 8.89. The summed E-state index contributed by atoms with van der Waals surface area (Å²) in [5.41, 5.74) is 13.1. The maximum absolute atomic E-state index is 6.40. The van der Waals surface area contributed by atoms with Crippen LogP contribution in [0.3, 0.4) is 0 Å². The van der Waals surface area contributed by atoms with E-state index in [1.807, 2.05) is 11.3 Å². The molecule has 34 heavy (non-hydrogen) atoms. The van der Waals surface area contributed by atoms with Gasteiger partial charge in [0.15, 0.2) is 0 Å². The second-order valence-corrected chi connectivity index (χ2v) is 11.1. The summed E-state index contributed by atoms with van der Waals surface area (Å²) in [5.74, 6) is 0.935. The molecule has 2 aromatic carbocycles. The van der Waals surface area contributed by atoms with E-state index in [9.17, 15) is 0 Å². The Kier molecular flexibility index (Phi) is 11.8. The summed E-state index contributed by atoms with van der Waals surface area (Å²) in [4.78, 5) is 2.74. The van der Waals surface area contributed by atoms with E-state index < -0.39 is 0 Å². The van der Waals surface area contributed by atoms with Crippen molar-refractivity contribution in [3.05, 3.63) is 94.4 Å². The van der Waals surface area contributed by atoms with E-state index >= 15 is 0 Å². The van der Waals surface area contributed by atoms with Gasteiger partial charge in [-0.15, -0.1) is 17.9 Å². The summed E-state index contributed by atoms with van der Waals surface area (Å²) < 4.78 is 0. The normalized spacial score (nSPS) is 12.7. The molecule has 2 N–H and O–H groups in total. The molecule has 0 radical (unpaired) electrons. The molecule has 2 heteroatoms. The van der Waals surface area contributed by atoms with Crippen molar-refractivity contribution in [1.29, 1.82) is 0 Å². The molecule has 3 rings (SSSR count). The van der Waals surface area contributed by atoms with Gasteiger partial charge in [-0.2, -0.15) is 0 Å². The first-order valence-corrected chi connectivity index (χ1v) is 13.7. The molecule has 1 aromatic heterocycles. The lowest BCUT2D eigenvalue weighted by molar-refractivity contribution is 0.460. The Labute approximate surface area is 213 Å². The van der Waals surface area contributed by atoms with Crippen molar-refractivity contribution in [3.8, 4) is 10.4 Å². The van der Waals surface area contributed by atoms with Gasteiger partial charge in [-0.1, -0.05) is 94.6 Å². The molecule has 1 nitrogen and oxygen atoms in total. The van der Waals surface area contributed by atoms with Crippen molar-refractivity contribution in [2.24, 2.45) is 11.7 Å². The maximum atomic E-state index is 6.40. The highest BCUT2D eigenvalue weighted by molar-refractivity contribution is 7.15. The summed E-state index contributed by atoms with van der Waals surface area (Å²) in [6, 6.07) is 20.4. The van der Waals surface area contributed by atoms with Gasteiger partial charge in [-0.05, 0) is 67.0 Å². The van der Waals surface area contributed by atoms with E-state index in [2.05, 4.69) is 109 Å². The van der Waals surface area contributed by atoms with E-state index in [-0.39, 0.29) is 6.04 Å². The fourth-order valence-electron chi connectivity index (χ4n) is 4.04. The summed E-state index contributed by atoms with van der Waals surface area (Å²) in [7, 11) is 0. The first-order valence-electron chi connectivity index (χ1n) is 12.9. The van der Waals surface area contributed by atoms with E-state index in [1.54, 1.807) is 0 Å². The van der Waals surface area contributed by atoms with Crippen molar-refractivity contribution in [2.45, 2.75) is 85.6 Å². The minimum absolute atomic E-state index is 0.215. The lowest BCUT2D eigenvalue weighted by Gasteiger charge is -2.21. The molecule has 0 spiro atoms. The molecule has 2 unspecified atom stereocenters. The molecule has 0 bridgehead atoms. The zero-order valence-corrected chi connectivity index (χ0v) is 23.1. The monoisotopic (exact) mass is 475 g/mol. The quantitative estimate of drug-likeness (QED) is 0.290. The van der Waals surface area contributed by atoms with Gasteiger partial charge >= 0.3 is 0 Å². The van der Waals surface area contributed by atoms with Crippen LogP contribution in [0.2, 0.25) is 0 Å². The fourth-order valence-corrected chi connectivity index (χ4v) is 5.08. The minimum atomic E-state index is 0.215. The van der Waals surface area contributed by atoms with E-state index in [0.717, 1.165) is 19.3 Å². The molecular weight excluding hydrogens is 430 g/mol. The smallest absolute Gasteiger partial charge is 0.0345 e. The van der Waals surface area contributed by atoms with Gasteiger partial charge in [0, 0.05) is 28.1 Å². The lowest BCUT2D eigenvalue weighted by Crippen LogP contribution is -2.24. The number of rotatable bonds is 10. The molecule has 3 aromatic rings. The van der Waals surface area contributed by atoms with Crippen LogP contribution in [0.4, 0.5) is 0 Å². The summed E-state index contributed by atoms with van der Waals surface area (Å²) >= 11 is 1.89. The van der Waals surface area contributed by atoms with Crippen LogP contribution in [0, 0.1) is 19.8 Å². The van der Waals surface area contributed by atoms with Crippen LogP contribution in [-0.2, 0) is 6.42 Å². The summed E-state index contributed by atoms with van der Waals surface area (Å²) in [6.07, 6.45) is 7.69. The van der Waals surface area contributed by atoms with E-state index in [1.165, 1.54) is 50.4 Å². The number of allylic oxidation sites excluding steroid dienone is 1. The Hall–Kier alpha value is -2.16. The topological polar surface area (TPSA) is 26.0 Å². The largest absolute Gasteiger partial charge is 0.328 e. The third-order valence-corrected chi connectivity index (χ3v) is 7.41. The highest BCUT2D eigenvalue weighted by atomic mass is 32.1. The van der Waals surface area contributed by atoms with Gasteiger partial charge in [-0.3, -0.25) is 0 Å². The number of hydrogen-bond acceptors (Lipinski definition) is 2. The number of hydrogen-bond donors (Lipinski definition) is 1. The Morgan fingerprint density at radius 1 is 0.912 bits per heavy atom. The molecule has 1 heterocycles. The molecule has 0 fully saturated rings. The van der Waals surface area contributed by atoms with Crippen molar-refractivity contribution in [2.75, 3.05) is 0 Å². The Balaban J connectivity index is 0.000000945. The Morgan fingerprint density at radius 2 is 1.59 bits per heavy atom. The van der Waals surface area contributed by atoms with Gasteiger partial charge in [0.05, 0.1) is 0 Å². The molecule has 0 aliphatic heterocycles. The van der Waals surface area contributed by atoms with Crippen molar-refractivity contribution < 1.29 is 0 Å². The summed E-state index contributed by atoms with van der Waals surface area (Å²) in [5, 5.41) is 0. The SMILES string of the molecule is C=CC(CC(N)CC(C)C)c1ccc(C)c(Cc2ccc(-c3ccc(C)cc3)s2)c1.CCCC. The molecule has 0 aliphatic rings. The standard InChI is InChI=1S/C28H35NS.C4H10/c1-6-22(17-26(29)15-19(2)3)24-12-9-21(5)25(16-24)18-27-13-14-28(30-27)23-10-7-20(4)8-11-23;1-3-4-2/h6-14,16,19,22,26H,1,15,17-18,29H2,2-5H3;3-4H2,1-2H3. The van der Waals surface area contributed by atoms with Crippen molar-refractivity contribution in [1.82, 2.24) is 0 Å². The van der Waals surface area contributed by atoms with E-state index in [0.29, 0.717) is 11.8 Å². The van der Waals surface area contributed by atoms with Gasteiger partial charge < -0.3 is 5.73 Å². The average Bonchev–Trinajstić information content (AvgIpc) is 3.27. The van der Waals surface area contributed by atoms with Gasteiger partial charge in [0.25, 0.3) is 0 Å². The molecular formula is C32H45NS. The first kappa shape index (κ1) is 28.1. The zero-order valence-electron chi connectivity index (χ0n) is 22.2. The van der Waals surface area contributed by atoms with Gasteiger partial charge in [0.2, 0.25) is 0 Å². The van der Waals surface area contributed by atoms with Crippen LogP contribution >= 0.6 is 11.3 Å². The summed E-state index contributed by atoms with van der Waals surface area (Å²) in [6.45, 7) is 17.3. The molecule has 0 saturated heterocycles. The number of benzene rings is 2. The van der Waals surface area contributed by atoms with Gasteiger partial charge in [0.1, 0.15) is 0 Å². The van der Waals surface area contributed by atoms with Crippen LogP contribution in [-0.4, -0.2) is 6.04 Å². The number of aryl methyl sites for hydroxylation is 2. The minimum Gasteiger partial charge on any atom is -0.328 e. The average molecular weight is 476 g/mol. The van der Waals surface area contributed by atoms with Crippen LogP contribution in [0.1, 0.15) is 86.4 Å². The van der Waals surface area contributed by atoms with Crippen molar-refractivity contribution >= 4 is 11.3 Å². The zero-order chi connectivity index (χ0) is 25.1. The molecule has 2 atom stereocenters.